The molecule has 108 valence electrons. The van der Waals surface area contributed by atoms with Gasteiger partial charge in [-0.1, -0.05) is 18.6 Å². The topological polar surface area (TPSA) is 67.4 Å². The van der Waals surface area contributed by atoms with Gasteiger partial charge >= 0.3 is 5.97 Å². The zero-order valence-corrected chi connectivity index (χ0v) is 11.6. The summed E-state index contributed by atoms with van der Waals surface area (Å²) in [6.07, 6.45) is 3.13. The molecule has 1 saturated heterocycles. The number of rotatable bonds is 4. The van der Waals surface area contributed by atoms with Crippen LogP contribution in [0.3, 0.4) is 0 Å². The van der Waals surface area contributed by atoms with Crippen LogP contribution in [-0.4, -0.2) is 31.6 Å². The number of carbonyl (C=O) groups excluding carboxylic acids is 2. The van der Waals surface area contributed by atoms with Gasteiger partial charge in [-0.05, 0) is 37.1 Å². The smallest absolute Gasteiger partial charge is 0.337 e. The molecule has 5 heteroatoms. The van der Waals surface area contributed by atoms with Crippen molar-refractivity contribution in [2.45, 2.75) is 31.8 Å². The highest BCUT2D eigenvalue weighted by atomic mass is 16.5. The maximum Gasteiger partial charge on any atom is 0.337 e. The summed E-state index contributed by atoms with van der Waals surface area (Å²) in [5, 5.41) is 6.13. The van der Waals surface area contributed by atoms with Crippen molar-refractivity contribution in [1.29, 1.82) is 0 Å². The van der Waals surface area contributed by atoms with Gasteiger partial charge in [-0.25, -0.2) is 4.79 Å². The summed E-state index contributed by atoms with van der Waals surface area (Å²) in [5.74, 6) is -0.311. The largest absolute Gasteiger partial charge is 0.465 e. The number of benzene rings is 1. The summed E-state index contributed by atoms with van der Waals surface area (Å²) in [7, 11) is 1.35. The van der Waals surface area contributed by atoms with E-state index in [9.17, 15) is 9.59 Å². The van der Waals surface area contributed by atoms with Crippen molar-refractivity contribution >= 4 is 11.9 Å². The molecule has 1 fully saturated rings. The third-order valence-electron chi connectivity index (χ3n) is 3.47. The lowest BCUT2D eigenvalue weighted by Gasteiger charge is -2.22. The quantitative estimate of drug-likeness (QED) is 0.812. The minimum Gasteiger partial charge on any atom is -0.465 e. The standard InChI is InChI=1S/C15H20N2O3/c1-20-15(19)12-7-5-11(6-8-12)10-17-14(18)13-4-2-3-9-16-13/h5-8,13,16H,2-4,9-10H2,1H3,(H,17,18)/t13-/m0/s1. The molecule has 0 aromatic heterocycles. The maximum atomic E-state index is 11.9. The molecule has 2 rings (SSSR count). The SMILES string of the molecule is COC(=O)c1ccc(CNC(=O)[C@@H]2CCCCN2)cc1. The first-order chi connectivity index (χ1) is 9.70. The molecule has 0 spiro atoms. The van der Waals surface area contributed by atoms with Gasteiger partial charge in [0.25, 0.3) is 0 Å². The van der Waals surface area contributed by atoms with Gasteiger partial charge in [-0.15, -0.1) is 0 Å². The van der Waals surface area contributed by atoms with Crippen LogP contribution in [0.5, 0.6) is 0 Å². The van der Waals surface area contributed by atoms with Crippen LogP contribution in [0.15, 0.2) is 24.3 Å². The summed E-state index contributed by atoms with van der Waals surface area (Å²) in [6, 6.07) is 6.97. The normalized spacial score (nSPS) is 18.4. The molecule has 2 N–H and O–H groups in total. The summed E-state index contributed by atoms with van der Waals surface area (Å²) >= 11 is 0. The van der Waals surface area contributed by atoms with E-state index in [0.29, 0.717) is 12.1 Å². The van der Waals surface area contributed by atoms with E-state index < -0.39 is 0 Å². The van der Waals surface area contributed by atoms with Crippen molar-refractivity contribution in [2.24, 2.45) is 0 Å². The fourth-order valence-corrected chi connectivity index (χ4v) is 2.26. The zero-order valence-electron chi connectivity index (χ0n) is 11.6. The first-order valence-electron chi connectivity index (χ1n) is 6.89. The molecule has 0 unspecified atom stereocenters. The minimum absolute atomic E-state index is 0.0433. The van der Waals surface area contributed by atoms with Gasteiger partial charge in [0, 0.05) is 6.54 Å². The Morgan fingerprint density at radius 3 is 2.65 bits per heavy atom. The molecule has 1 atom stereocenters. The Hall–Kier alpha value is -1.88. The van der Waals surface area contributed by atoms with Crippen LogP contribution >= 0.6 is 0 Å². The van der Waals surface area contributed by atoms with Crippen molar-refractivity contribution < 1.29 is 14.3 Å². The lowest BCUT2D eigenvalue weighted by atomic mass is 10.0. The van der Waals surface area contributed by atoms with Gasteiger partial charge in [0.15, 0.2) is 0 Å². The number of carbonyl (C=O) groups is 2. The van der Waals surface area contributed by atoms with Crippen molar-refractivity contribution in [3.05, 3.63) is 35.4 Å². The monoisotopic (exact) mass is 276 g/mol. The molecule has 0 aliphatic carbocycles. The van der Waals surface area contributed by atoms with E-state index >= 15 is 0 Å². The number of hydrogen-bond donors (Lipinski definition) is 2. The Balaban J connectivity index is 1.84. The predicted molar refractivity (Wildman–Crippen MR) is 75.3 cm³/mol. The Labute approximate surface area is 118 Å². The van der Waals surface area contributed by atoms with E-state index in [0.717, 1.165) is 31.4 Å². The van der Waals surface area contributed by atoms with E-state index in [-0.39, 0.29) is 17.9 Å². The van der Waals surface area contributed by atoms with Gasteiger partial charge in [-0.2, -0.15) is 0 Å². The summed E-state index contributed by atoms with van der Waals surface area (Å²) in [5.41, 5.74) is 1.47. The highest BCUT2D eigenvalue weighted by molar-refractivity contribution is 5.89. The highest BCUT2D eigenvalue weighted by Gasteiger charge is 2.19. The molecule has 1 amide bonds. The van der Waals surface area contributed by atoms with Gasteiger partial charge in [0.1, 0.15) is 0 Å². The maximum absolute atomic E-state index is 11.9. The minimum atomic E-state index is -0.355. The number of amides is 1. The first kappa shape index (κ1) is 14.5. The Morgan fingerprint density at radius 2 is 2.05 bits per heavy atom. The third kappa shape index (κ3) is 3.81. The molecule has 1 aromatic carbocycles. The van der Waals surface area contributed by atoms with Crippen LogP contribution < -0.4 is 10.6 Å². The van der Waals surface area contributed by atoms with E-state index in [2.05, 4.69) is 15.4 Å². The average molecular weight is 276 g/mol. The molecule has 0 radical (unpaired) electrons. The van der Waals surface area contributed by atoms with Crippen molar-refractivity contribution in [3.63, 3.8) is 0 Å². The van der Waals surface area contributed by atoms with Gasteiger partial charge < -0.3 is 15.4 Å². The Morgan fingerprint density at radius 1 is 1.30 bits per heavy atom. The first-order valence-corrected chi connectivity index (χ1v) is 6.89. The molecular formula is C15H20N2O3. The van der Waals surface area contributed by atoms with Crippen LogP contribution in [0, 0.1) is 0 Å². The van der Waals surface area contributed by atoms with E-state index in [1.54, 1.807) is 12.1 Å². The van der Waals surface area contributed by atoms with Crippen LogP contribution in [0.4, 0.5) is 0 Å². The number of nitrogens with one attached hydrogen (secondary N) is 2. The van der Waals surface area contributed by atoms with Gasteiger partial charge in [0.2, 0.25) is 5.91 Å². The molecular weight excluding hydrogens is 256 g/mol. The van der Waals surface area contributed by atoms with E-state index in [4.69, 9.17) is 0 Å². The van der Waals surface area contributed by atoms with Crippen molar-refractivity contribution in [2.75, 3.05) is 13.7 Å². The number of hydrogen-bond acceptors (Lipinski definition) is 4. The number of ether oxygens (including phenoxy) is 1. The third-order valence-corrected chi connectivity index (χ3v) is 3.47. The van der Waals surface area contributed by atoms with E-state index in [1.807, 2.05) is 12.1 Å². The molecule has 1 aliphatic rings. The molecule has 20 heavy (non-hydrogen) atoms. The van der Waals surface area contributed by atoms with Crippen LogP contribution in [0.2, 0.25) is 0 Å². The predicted octanol–water partition coefficient (Wildman–Crippen LogP) is 1.23. The number of esters is 1. The summed E-state index contributed by atoms with van der Waals surface area (Å²) in [4.78, 5) is 23.2. The lowest BCUT2D eigenvalue weighted by molar-refractivity contribution is -0.123. The summed E-state index contributed by atoms with van der Waals surface area (Å²) in [6.45, 7) is 1.38. The second-order valence-electron chi connectivity index (χ2n) is 4.91. The number of piperidine rings is 1. The van der Waals surface area contributed by atoms with Crippen LogP contribution in [0.1, 0.15) is 35.2 Å². The van der Waals surface area contributed by atoms with Gasteiger partial charge in [0.05, 0.1) is 18.7 Å². The highest BCUT2D eigenvalue weighted by Crippen LogP contribution is 2.08. The molecule has 1 aromatic rings. The Bertz CT molecular complexity index is 465. The van der Waals surface area contributed by atoms with Crippen molar-refractivity contribution in [3.8, 4) is 0 Å². The van der Waals surface area contributed by atoms with E-state index in [1.165, 1.54) is 7.11 Å². The fraction of sp³-hybridized carbons (Fsp3) is 0.467. The lowest BCUT2D eigenvalue weighted by Crippen LogP contribution is -2.46. The van der Waals surface area contributed by atoms with Crippen LogP contribution in [-0.2, 0) is 16.1 Å². The molecule has 5 nitrogen and oxygen atoms in total. The van der Waals surface area contributed by atoms with Gasteiger partial charge in [-0.3, -0.25) is 4.79 Å². The Kier molecular flexibility index (Phi) is 5.12. The number of methoxy groups -OCH3 is 1. The second kappa shape index (κ2) is 7.05. The summed E-state index contributed by atoms with van der Waals surface area (Å²) < 4.78 is 4.64. The second-order valence-corrected chi connectivity index (χ2v) is 4.91. The fourth-order valence-electron chi connectivity index (χ4n) is 2.26. The molecule has 0 saturated carbocycles. The average Bonchev–Trinajstić information content (AvgIpc) is 2.53. The molecule has 1 aliphatic heterocycles. The van der Waals surface area contributed by atoms with Crippen molar-refractivity contribution in [1.82, 2.24) is 10.6 Å². The van der Waals surface area contributed by atoms with Crippen LogP contribution in [0.25, 0.3) is 0 Å². The molecule has 1 heterocycles. The molecule has 0 bridgehead atoms. The zero-order chi connectivity index (χ0) is 14.4.